The second kappa shape index (κ2) is 10.4. The largest absolute Gasteiger partial charge is 0.507 e. The summed E-state index contributed by atoms with van der Waals surface area (Å²) >= 11 is 1.19. The number of carbonyl (C=O) groups excluding carboxylic acids is 2. The number of phenolic OH excluding ortho intramolecular Hbond substituents is 1. The Morgan fingerprint density at radius 1 is 1.08 bits per heavy atom. The van der Waals surface area contributed by atoms with Crippen LogP contribution in [0.15, 0.2) is 83.9 Å². The van der Waals surface area contributed by atoms with Gasteiger partial charge in [-0.3, -0.25) is 14.5 Å². The molecule has 192 valence electrons. The van der Waals surface area contributed by atoms with E-state index in [0.717, 1.165) is 11.1 Å². The molecule has 1 amide bonds. The highest BCUT2D eigenvalue weighted by Gasteiger charge is 2.48. The topological polar surface area (TPSA) is 109 Å². The minimum atomic E-state index is -0.979. The highest BCUT2D eigenvalue weighted by molar-refractivity contribution is 7.14. The van der Waals surface area contributed by atoms with E-state index in [1.165, 1.54) is 41.7 Å². The summed E-state index contributed by atoms with van der Waals surface area (Å²) in [5, 5.41) is 23.4. The molecule has 0 saturated carbocycles. The minimum absolute atomic E-state index is 0.0913. The van der Waals surface area contributed by atoms with Crippen molar-refractivity contribution >= 4 is 33.9 Å². The third-order valence-corrected chi connectivity index (χ3v) is 6.98. The number of carbonyl (C=O) groups is 2. The maximum atomic E-state index is 13.2. The number of benzene rings is 3. The summed E-state index contributed by atoms with van der Waals surface area (Å²) in [6, 6.07) is 18.2. The fourth-order valence-electron chi connectivity index (χ4n) is 4.38. The van der Waals surface area contributed by atoms with Gasteiger partial charge in [0.15, 0.2) is 16.6 Å². The number of aryl methyl sites for hydroxylation is 1. The summed E-state index contributed by atoms with van der Waals surface area (Å²) < 4.78 is 11.1. The molecule has 4 aromatic rings. The number of thiazole rings is 1. The first-order valence-corrected chi connectivity index (χ1v) is 12.6. The molecule has 1 aromatic heterocycles. The summed E-state index contributed by atoms with van der Waals surface area (Å²) in [6.07, 6.45) is 1.53. The predicted octanol–water partition coefficient (Wildman–Crippen LogP) is 5.37. The molecule has 0 aliphatic carbocycles. The Morgan fingerprint density at radius 3 is 2.55 bits per heavy atom. The standard InChI is InChI=1S/C29H24N2O6S/c1-17-4-3-5-18(14-17)16-37-21-9-6-19(7-10-21)26(33)24-25(20-8-11-22(32)23(15-20)36-2)31(28(35)27(24)34)29-30-12-13-38-29/h3-15,25,32-33H,16H2,1-2H3/t25-/m1/s1. The number of hydrogen-bond acceptors (Lipinski definition) is 8. The van der Waals surface area contributed by atoms with Crippen LogP contribution in [0.3, 0.4) is 0 Å². The molecule has 9 heteroatoms. The first-order valence-electron chi connectivity index (χ1n) is 11.7. The molecule has 1 fully saturated rings. The van der Waals surface area contributed by atoms with E-state index in [4.69, 9.17) is 9.47 Å². The number of anilines is 1. The van der Waals surface area contributed by atoms with Gasteiger partial charge in [0.1, 0.15) is 18.1 Å². The highest BCUT2D eigenvalue weighted by Crippen LogP contribution is 2.44. The van der Waals surface area contributed by atoms with Crippen LogP contribution in [0.5, 0.6) is 17.2 Å². The Bertz CT molecular complexity index is 1530. The zero-order chi connectivity index (χ0) is 26.8. The summed E-state index contributed by atoms with van der Waals surface area (Å²) in [7, 11) is 1.40. The van der Waals surface area contributed by atoms with Crippen molar-refractivity contribution in [2.24, 2.45) is 0 Å². The maximum Gasteiger partial charge on any atom is 0.301 e. The van der Waals surface area contributed by atoms with Crippen molar-refractivity contribution in [2.75, 3.05) is 12.0 Å². The summed E-state index contributed by atoms with van der Waals surface area (Å²) in [4.78, 5) is 31.9. The van der Waals surface area contributed by atoms with E-state index in [-0.39, 0.29) is 22.8 Å². The van der Waals surface area contributed by atoms with E-state index in [0.29, 0.717) is 28.6 Å². The van der Waals surface area contributed by atoms with E-state index in [2.05, 4.69) is 4.98 Å². The molecule has 8 nitrogen and oxygen atoms in total. The van der Waals surface area contributed by atoms with Crippen molar-refractivity contribution < 1.29 is 29.3 Å². The molecular weight excluding hydrogens is 504 g/mol. The molecule has 38 heavy (non-hydrogen) atoms. The Balaban J connectivity index is 1.51. The first-order chi connectivity index (χ1) is 18.4. The normalized spacial score (nSPS) is 16.6. The molecule has 2 N–H and O–H groups in total. The fraction of sp³-hybridized carbons (Fsp3) is 0.138. The highest BCUT2D eigenvalue weighted by atomic mass is 32.1. The van der Waals surface area contributed by atoms with Gasteiger partial charge in [-0.05, 0) is 54.4 Å². The summed E-state index contributed by atoms with van der Waals surface area (Å²) in [5.41, 5.74) is 2.89. The molecule has 0 bridgehead atoms. The molecule has 0 unspecified atom stereocenters. The molecule has 2 heterocycles. The minimum Gasteiger partial charge on any atom is -0.507 e. The first kappa shape index (κ1) is 25.0. The molecule has 0 spiro atoms. The Morgan fingerprint density at radius 2 is 1.87 bits per heavy atom. The van der Waals surface area contributed by atoms with Gasteiger partial charge in [-0.15, -0.1) is 11.3 Å². The quantitative estimate of drug-likeness (QED) is 0.189. The van der Waals surface area contributed by atoms with Crippen molar-refractivity contribution in [3.05, 3.63) is 106 Å². The summed E-state index contributed by atoms with van der Waals surface area (Å²) in [6.45, 7) is 2.40. The Kier molecular flexibility index (Phi) is 6.85. The number of phenols is 1. The number of Topliss-reactive ketones (excluding diaryl/α,β-unsaturated/α-hetero) is 1. The molecule has 1 atom stereocenters. The SMILES string of the molecule is COc1cc([C@@H]2C(=C(O)c3ccc(OCc4cccc(C)c4)cc3)C(=O)C(=O)N2c2nccs2)ccc1O. The lowest BCUT2D eigenvalue weighted by atomic mass is 9.95. The van der Waals surface area contributed by atoms with Gasteiger partial charge in [0, 0.05) is 17.1 Å². The molecule has 5 rings (SSSR count). The van der Waals surface area contributed by atoms with Gasteiger partial charge in [-0.1, -0.05) is 35.9 Å². The molecule has 1 aliphatic heterocycles. The smallest absolute Gasteiger partial charge is 0.301 e. The average molecular weight is 529 g/mol. The van der Waals surface area contributed by atoms with Crippen molar-refractivity contribution in [2.45, 2.75) is 19.6 Å². The van der Waals surface area contributed by atoms with Crippen LogP contribution in [-0.4, -0.2) is 34.0 Å². The predicted molar refractivity (Wildman–Crippen MR) is 144 cm³/mol. The van der Waals surface area contributed by atoms with Gasteiger partial charge in [-0.2, -0.15) is 0 Å². The number of aliphatic hydroxyl groups excluding tert-OH is 1. The van der Waals surface area contributed by atoms with Gasteiger partial charge in [-0.25, -0.2) is 4.98 Å². The third kappa shape index (κ3) is 4.71. The van der Waals surface area contributed by atoms with Crippen LogP contribution in [0.2, 0.25) is 0 Å². The van der Waals surface area contributed by atoms with E-state index in [9.17, 15) is 19.8 Å². The monoisotopic (exact) mass is 528 g/mol. The van der Waals surface area contributed by atoms with Crippen molar-refractivity contribution in [1.82, 2.24) is 4.98 Å². The average Bonchev–Trinajstić information content (AvgIpc) is 3.54. The molecule has 1 aliphatic rings. The number of aromatic nitrogens is 1. The van der Waals surface area contributed by atoms with Crippen LogP contribution in [0, 0.1) is 6.92 Å². The van der Waals surface area contributed by atoms with Crippen molar-refractivity contribution in [1.29, 1.82) is 0 Å². The van der Waals surface area contributed by atoms with Crippen LogP contribution < -0.4 is 14.4 Å². The van der Waals surface area contributed by atoms with Crippen LogP contribution in [0.1, 0.15) is 28.3 Å². The van der Waals surface area contributed by atoms with Crippen molar-refractivity contribution in [3.63, 3.8) is 0 Å². The van der Waals surface area contributed by atoms with Gasteiger partial charge in [0.25, 0.3) is 5.78 Å². The van der Waals surface area contributed by atoms with Crippen LogP contribution >= 0.6 is 11.3 Å². The number of nitrogens with zero attached hydrogens (tertiary/aromatic N) is 2. The number of aromatic hydroxyl groups is 1. The Hall–Kier alpha value is -4.63. The zero-order valence-corrected chi connectivity index (χ0v) is 21.4. The van der Waals surface area contributed by atoms with Gasteiger partial charge in [0.2, 0.25) is 0 Å². The van der Waals surface area contributed by atoms with Crippen LogP contribution in [0.25, 0.3) is 5.76 Å². The maximum absolute atomic E-state index is 13.2. The number of amides is 1. The lowest BCUT2D eigenvalue weighted by Gasteiger charge is -2.23. The summed E-state index contributed by atoms with van der Waals surface area (Å²) in [5.74, 6) is -1.31. The number of rotatable bonds is 7. The van der Waals surface area contributed by atoms with Crippen LogP contribution in [0.4, 0.5) is 5.13 Å². The van der Waals surface area contributed by atoms with Crippen LogP contribution in [-0.2, 0) is 16.2 Å². The molecular formula is C29H24N2O6S. The lowest BCUT2D eigenvalue weighted by molar-refractivity contribution is -0.132. The fourth-order valence-corrected chi connectivity index (χ4v) is 5.04. The number of hydrogen-bond donors (Lipinski definition) is 2. The van der Waals surface area contributed by atoms with Gasteiger partial charge < -0.3 is 19.7 Å². The second-order valence-electron chi connectivity index (χ2n) is 8.72. The Labute approximate surface area is 223 Å². The van der Waals surface area contributed by atoms with Gasteiger partial charge in [0.05, 0.1) is 18.7 Å². The van der Waals surface area contributed by atoms with E-state index in [1.807, 2.05) is 31.2 Å². The third-order valence-electron chi connectivity index (χ3n) is 6.21. The second-order valence-corrected chi connectivity index (χ2v) is 9.59. The van der Waals surface area contributed by atoms with E-state index < -0.39 is 17.7 Å². The van der Waals surface area contributed by atoms with E-state index >= 15 is 0 Å². The number of methoxy groups -OCH3 is 1. The van der Waals surface area contributed by atoms with Crippen molar-refractivity contribution in [3.8, 4) is 17.2 Å². The number of ketones is 1. The molecule has 1 saturated heterocycles. The number of ether oxygens (including phenoxy) is 2. The lowest BCUT2D eigenvalue weighted by Crippen LogP contribution is -2.29. The molecule has 0 radical (unpaired) electrons. The van der Waals surface area contributed by atoms with E-state index in [1.54, 1.807) is 35.7 Å². The molecule has 3 aromatic carbocycles. The zero-order valence-electron chi connectivity index (χ0n) is 20.6. The van der Waals surface area contributed by atoms with Gasteiger partial charge >= 0.3 is 5.91 Å². The number of aliphatic hydroxyl groups is 1.